The lowest BCUT2D eigenvalue weighted by molar-refractivity contribution is 0.248. The molecule has 1 aromatic heterocycles. The van der Waals surface area contributed by atoms with Gasteiger partial charge in [0.15, 0.2) is 0 Å². The van der Waals surface area contributed by atoms with Gasteiger partial charge in [0.05, 0.1) is 12.2 Å². The summed E-state index contributed by atoms with van der Waals surface area (Å²) in [6.07, 6.45) is 7.31. The van der Waals surface area contributed by atoms with Crippen molar-refractivity contribution in [2.24, 2.45) is 5.92 Å². The van der Waals surface area contributed by atoms with Gasteiger partial charge in [0.25, 0.3) is 0 Å². The molecule has 114 valence electrons. The first-order chi connectivity index (χ1) is 9.81. The molecule has 0 radical (unpaired) electrons. The van der Waals surface area contributed by atoms with Crippen LogP contribution in [-0.2, 0) is 13.1 Å². The lowest BCUT2D eigenvalue weighted by Gasteiger charge is -2.21. The van der Waals surface area contributed by atoms with Gasteiger partial charge in [-0.3, -0.25) is 4.68 Å². The van der Waals surface area contributed by atoms with Crippen molar-refractivity contribution in [3.8, 4) is 0 Å². The predicted molar refractivity (Wildman–Crippen MR) is 81.5 cm³/mol. The van der Waals surface area contributed by atoms with Crippen LogP contribution < -0.4 is 5.32 Å². The van der Waals surface area contributed by atoms with Crippen molar-refractivity contribution in [1.82, 2.24) is 25.2 Å². The molecule has 1 N–H and O–H groups in total. The number of hydrogen-bond acceptors (Lipinski definition) is 4. The van der Waals surface area contributed by atoms with Gasteiger partial charge >= 0.3 is 0 Å². The molecule has 0 unspecified atom stereocenters. The smallest absolute Gasteiger partial charge is 0.0964 e. The molecule has 5 nitrogen and oxygen atoms in total. The van der Waals surface area contributed by atoms with Crippen molar-refractivity contribution in [1.29, 1.82) is 0 Å². The number of rotatable bonds is 11. The second-order valence-electron chi connectivity index (χ2n) is 5.89. The molecule has 1 aliphatic rings. The number of hydrogen-bond donors (Lipinski definition) is 1. The highest BCUT2D eigenvalue weighted by Gasteiger charge is 2.23. The highest BCUT2D eigenvalue weighted by atomic mass is 15.4. The zero-order valence-electron chi connectivity index (χ0n) is 13.0. The van der Waals surface area contributed by atoms with Crippen LogP contribution in [0.25, 0.3) is 0 Å². The lowest BCUT2D eigenvalue weighted by atomic mass is 10.3. The number of nitrogens with one attached hydrogen (secondary N) is 1. The largest absolute Gasteiger partial charge is 0.311 e. The Hall–Kier alpha value is -0.940. The predicted octanol–water partition coefficient (Wildman–Crippen LogP) is 1.90. The molecule has 1 aromatic rings. The molecule has 0 aromatic carbocycles. The van der Waals surface area contributed by atoms with Gasteiger partial charge in [-0.15, -0.1) is 5.10 Å². The summed E-state index contributed by atoms with van der Waals surface area (Å²) in [6.45, 7) is 10.8. The third-order valence-corrected chi connectivity index (χ3v) is 3.72. The molecule has 1 heterocycles. The molecule has 1 saturated carbocycles. The van der Waals surface area contributed by atoms with Gasteiger partial charge in [-0.1, -0.05) is 19.1 Å². The Morgan fingerprint density at radius 2 is 2.15 bits per heavy atom. The third-order valence-electron chi connectivity index (χ3n) is 3.72. The van der Waals surface area contributed by atoms with Gasteiger partial charge in [-0.2, -0.15) is 0 Å². The van der Waals surface area contributed by atoms with E-state index in [4.69, 9.17) is 0 Å². The van der Waals surface area contributed by atoms with E-state index >= 15 is 0 Å². The maximum Gasteiger partial charge on any atom is 0.0964 e. The van der Waals surface area contributed by atoms with Gasteiger partial charge in [0.1, 0.15) is 0 Å². The van der Waals surface area contributed by atoms with E-state index in [1.165, 1.54) is 32.4 Å². The van der Waals surface area contributed by atoms with Crippen LogP contribution in [0.15, 0.2) is 6.20 Å². The minimum absolute atomic E-state index is 0.828. The quantitative estimate of drug-likeness (QED) is 0.628. The highest BCUT2D eigenvalue weighted by molar-refractivity contribution is 4.91. The number of nitrogens with zero attached hydrogens (tertiary/aromatic N) is 4. The number of aromatic nitrogens is 3. The average molecular weight is 279 g/mol. The summed E-state index contributed by atoms with van der Waals surface area (Å²) in [4.78, 5) is 2.58. The fraction of sp³-hybridized carbons (Fsp3) is 0.867. The first-order valence-electron chi connectivity index (χ1n) is 8.14. The minimum Gasteiger partial charge on any atom is -0.311 e. The molecule has 0 spiro atoms. The van der Waals surface area contributed by atoms with Crippen molar-refractivity contribution in [3.05, 3.63) is 11.9 Å². The van der Waals surface area contributed by atoms with Crippen molar-refractivity contribution in [2.45, 2.75) is 52.6 Å². The molecule has 1 aliphatic carbocycles. The molecule has 1 fully saturated rings. The minimum atomic E-state index is 0.828. The van der Waals surface area contributed by atoms with Crippen LogP contribution in [0.1, 0.15) is 45.2 Å². The Morgan fingerprint density at radius 3 is 2.85 bits per heavy atom. The van der Waals surface area contributed by atoms with Gasteiger partial charge < -0.3 is 10.2 Å². The second kappa shape index (κ2) is 8.37. The second-order valence-corrected chi connectivity index (χ2v) is 5.89. The summed E-state index contributed by atoms with van der Waals surface area (Å²) in [6, 6.07) is 0. The summed E-state index contributed by atoms with van der Waals surface area (Å²) in [5, 5.41) is 11.8. The summed E-state index contributed by atoms with van der Waals surface area (Å²) < 4.78 is 1.98. The van der Waals surface area contributed by atoms with E-state index in [2.05, 4.69) is 40.6 Å². The first kappa shape index (κ1) is 15.4. The molecule has 0 aliphatic heterocycles. The Kier molecular flexibility index (Phi) is 6.47. The molecular weight excluding hydrogens is 250 g/mol. The Labute approximate surface area is 122 Å². The van der Waals surface area contributed by atoms with Crippen molar-refractivity contribution >= 4 is 0 Å². The SMILES string of the molecule is CCCNCc1cn(CCN(CCC)CC2CC2)nn1. The van der Waals surface area contributed by atoms with Crippen LogP contribution in [0.2, 0.25) is 0 Å². The molecule has 20 heavy (non-hydrogen) atoms. The Bertz CT molecular complexity index is 372. The van der Waals surface area contributed by atoms with E-state index < -0.39 is 0 Å². The summed E-state index contributed by atoms with van der Waals surface area (Å²) in [5.74, 6) is 0.964. The monoisotopic (exact) mass is 279 g/mol. The molecule has 0 bridgehead atoms. The lowest BCUT2D eigenvalue weighted by Crippen LogP contribution is -2.30. The maximum absolute atomic E-state index is 4.22. The topological polar surface area (TPSA) is 46.0 Å². The Balaban J connectivity index is 1.71. The van der Waals surface area contributed by atoms with E-state index in [1.54, 1.807) is 0 Å². The zero-order chi connectivity index (χ0) is 14.2. The fourth-order valence-electron chi connectivity index (χ4n) is 2.44. The van der Waals surface area contributed by atoms with Crippen LogP contribution >= 0.6 is 0 Å². The standard InChI is InChI=1S/C15H29N5/c1-3-7-16-11-15-13-20(18-17-15)10-9-19(8-4-2)12-14-5-6-14/h13-14,16H,3-12H2,1-2H3. The zero-order valence-corrected chi connectivity index (χ0v) is 13.0. The van der Waals surface area contributed by atoms with Crippen LogP contribution in [-0.4, -0.2) is 46.1 Å². The van der Waals surface area contributed by atoms with Crippen molar-refractivity contribution in [3.63, 3.8) is 0 Å². The van der Waals surface area contributed by atoms with Crippen LogP contribution in [0.5, 0.6) is 0 Å². The van der Waals surface area contributed by atoms with Crippen LogP contribution in [0.4, 0.5) is 0 Å². The van der Waals surface area contributed by atoms with Gasteiger partial charge in [-0.25, -0.2) is 0 Å². The molecular formula is C15H29N5. The van der Waals surface area contributed by atoms with Crippen molar-refractivity contribution < 1.29 is 0 Å². The van der Waals surface area contributed by atoms with E-state index in [-0.39, 0.29) is 0 Å². The molecule has 0 saturated heterocycles. The van der Waals surface area contributed by atoms with Gasteiger partial charge in [-0.05, 0) is 44.7 Å². The summed E-state index contributed by atoms with van der Waals surface area (Å²) >= 11 is 0. The van der Waals surface area contributed by atoms with Crippen LogP contribution in [0, 0.1) is 5.92 Å². The van der Waals surface area contributed by atoms with Gasteiger partial charge in [0.2, 0.25) is 0 Å². The Morgan fingerprint density at radius 1 is 1.30 bits per heavy atom. The normalized spacial score (nSPS) is 15.2. The van der Waals surface area contributed by atoms with Crippen molar-refractivity contribution in [2.75, 3.05) is 26.2 Å². The van der Waals surface area contributed by atoms with E-state index in [0.717, 1.165) is 44.2 Å². The average Bonchev–Trinajstić information content (AvgIpc) is 3.14. The molecule has 0 atom stereocenters. The van der Waals surface area contributed by atoms with Crippen LogP contribution in [0.3, 0.4) is 0 Å². The third kappa shape index (κ3) is 5.59. The van der Waals surface area contributed by atoms with E-state index in [1.807, 2.05) is 4.68 Å². The molecule has 5 heteroatoms. The highest BCUT2D eigenvalue weighted by Crippen LogP contribution is 2.29. The fourth-order valence-corrected chi connectivity index (χ4v) is 2.44. The first-order valence-corrected chi connectivity index (χ1v) is 8.14. The van der Waals surface area contributed by atoms with Gasteiger partial charge in [0, 0.05) is 25.8 Å². The summed E-state index contributed by atoms with van der Waals surface area (Å²) in [7, 11) is 0. The molecule has 2 rings (SSSR count). The van der Waals surface area contributed by atoms with E-state index in [9.17, 15) is 0 Å². The maximum atomic E-state index is 4.22. The molecule has 0 amide bonds. The summed E-state index contributed by atoms with van der Waals surface area (Å²) in [5.41, 5.74) is 1.04. The van der Waals surface area contributed by atoms with E-state index in [0.29, 0.717) is 0 Å².